The third-order valence-electron chi connectivity index (χ3n) is 2.85. The van der Waals surface area contributed by atoms with E-state index < -0.39 is 5.97 Å². The predicted octanol–water partition coefficient (Wildman–Crippen LogP) is 2.63. The van der Waals surface area contributed by atoms with Crippen LogP contribution in [0.4, 0.5) is 11.5 Å². The smallest absolute Gasteiger partial charge is 0.338 e. The van der Waals surface area contributed by atoms with E-state index in [1.165, 1.54) is 13.3 Å². The number of carbonyl (C=O) groups is 1. The average Bonchev–Trinajstić information content (AvgIpc) is 2.54. The topological polar surface area (TPSA) is 69.7 Å². The van der Waals surface area contributed by atoms with E-state index in [-0.39, 0.29) is 0 Å². The highest BCUT2D eigenvalue weighted by Crippen LogP contribution is 2.31. The fourth-order valence-corrected chi connectivity index (χ4v) is 1.79. The summed E-state index contributed by atoms with van der Waals surface area (Å²) < 4.78 is 15.1. The van der Waals surface area contributed by atoms with Crippen molar-refractivity contribution in [2.75, 3.05) is 26.6 Å². The average molecular weight is 288 g/mol. The van der Waals surface area contributed by atoms with Crippen LogP contribution >= 0.6 is 0 Å². The number of pyridine rings is 1. The van der Waals surface area contributed by atoms with Gasteiger partial charge in [0.2, 0.25) is 0 Å². The number of hydrogen-bond acceptors (Lipinski definition) is 6. The minimum Gasteiger partial charge on any atom is -0.497 e. The maximum Gasteiger partial charge on any atom is 0.338 e. The zero-order chi connectivity index (χ0) is 15.2. The molecule has 2 aromatic rings. The molecule has 110 valence electrons. The van der Waals surface area contributed by atoms with Crippen molar-refractivity contribution < 1.29 is 19.0 Å². The van der Waals surface area contributed by atoms with Gasteiger partial charge < -0.3 is 19.5 Å². The molecule has 0 aliphatic carbocycles. The monoisotopic (exact) mass is 288 g/mol. The van der Waals surface area contributed by atoms with Crippen molar-refractivity contribution in [1.82, 2.24) is 4.98 Å². The molecule has 1 aromatic heterocycles. The molecule has 0 unspecified atom stereocenters. The molecular formula is C15H16N2O4. The molecule has 0 spiro atoms. The van der Waals surface area contributed by atoms with Crippen molar-refractivity contribution in [3.63, 3.8) is 0 Å². The molecule has 0 radical (unpaired) electrons. The van der Waals surface area contributed by atoms with Gasteiger partial charge in [-0.15, -0.1) is 0 Å². The minimum absolute atomic E-state index is 0.414. The van der Waals surface area contributed by atoms with Crippen LogP contribution in [0, 0.1) is 0 Å². The van der Waals surface area contributed by atoms with Crippen molar-refractivity contribution in [1.29, 1.82) is 0 Å². The van der Waals surface area contributed by atoms with Crippen LogP contribution in [0.2, 0.25) is 0 Å². The lowest BCUT2D eigenvalue weighted by Crippen LogP contribution is -2.03. The van der Waals surface area contributed by atoms with Gasteiger partial charge in [-0.1, -0.05) is 0 Å². The molecule has 0 bridgehead atoms. The number of carbonyl (C=O) groups excluding carboxylic acids is 1. The molecule has 6 heteroatoms. The lowest BCUT2D eigenvalue weighted by Gasteiger charge is -2.12. The minimum atomic E-state index is -0.418. The molecule has 0 saturated heterocycles. The van der Waals surface area contributed by atoms with Crippen molar-refractivity contribution in [3.8, 4) is 11.5 Å². The quantitative estimate of drug-likeness (QED) is 0.853. The van der Waals surface area contributed by atoms with Crippen LogP contribution in [-0.2, 0) is 4.74 Å². The van der Waals surface area contributed by atoms with Gasteiger partial charge in [-0.3, -0.25) is 0 Å². The number of rotatable bonds is 5. The second kappa shape index (κ2) is 6.60. The fourth-order valence-electron chi connectivity index (χ4n) is 1.79. The largest absolute Gasteiger partial charge is 0.497 e. The van der Waals surface area contributed by atoms with E-state index in [0.717, 1.165) is 0 Å². The molecule has 1 aromatic carbocycles. The Kier molecular flexibility index (Phi) is 4.61. The molecule has 21 heavy (non-hydrogen) atoms. The molecule has 0 aliphatic rings. The Balaban J connectivity index is 2.31. The summed E-state index contributed by atoms with van der Waals surface area (Å²) in [6.45, 7) is 0. The number of hydrogen-bond donors (Lipinski definition) is 1. The van der Waals surface area contributed by atoms with Crippen LogP contribution in [-0.4, -0.2) is 32.3 Å². The number of aromatic nitrogens is 1. The van der Waals surface area contributed by atoms with Crippen LogP contribution in [0.3, 0.4) is 0 Å². The first-order chi connectivity index (χ1) is 10.2. The van der Waals surface area contributed by atoms with Gasteiger partial charge in [0.05, 0.1) is 32.6 Å². The van der Waals surface area contributed by atoms with E-state index in [1.54, 1.807) is 44.6 Å². The van der Waals surface area contributed by atoms with Gasteiger partial charge in [-0.25, -0.2) is 9.78 Å². The highest BCUT2D eigenvalue weighted by Gasteiger charge is 2.09. The Morgan fingerprint density at radius 3 is 2.57 bits per heavy atom. The molecule has 0 atom stereocenters. The van der Waals surface area contributed by atoms with Crippen molar-refractivity contribution >= 4 is 17.5 Å². The third kappa shape index (κ3) is 3.42. The van der Waals surface area contributed by atoms with E-state index in [9.17, 15) is 4.79 Å². The highest BCUT2D eigenvalue weighted by molar-refractivity contribution is 5.90. The summed E-state index contributed by atoms with van der Waals surface area (Å²) in [5.74, 6) is 1.41. The normalized spacial score (nSPS) is 9.86. The molecule has 0 aliphatic heterocycles. The van der Waals surface area contributed by atoms with Crippen LogP contribution in [0.5, 0.6) is 11.5 Å². The van der Waals surface area contributed by atoms with Gasteiger partial charge in [0.15, 0.2) is 0 Å². The number of benzene rings is 1. The number of nitrogens with one attached hydrogen (secondary N) is 1. The summed E-state index contributed by atoms with van der Waals surface area (Å²) >= 11 is 0. The Morgan fingerprint density at radius 1 is 1.10 bits per heavy atom. The van der Waals surface area contributed by atoms with Gasteiger partial charge in [-0.2, -0.15) is 0 Å². The Bertz CT molecular complexity index is 643. The summed E-state index contributed by atoms with van der Waals surface area (Å²) in [5.41, 5.74) is 1.10. The lowest BCUT2D eigenvalue weighted by molar-refractivity contribution is 0.0600. The van der Waals surface area contributed by atoms with Crippen molar-refractivity contribution in [2.45, 2.75) is 0 Å². The number of anilines is 2. The second-order valence-electron chi connectivity index (χ2n) is 4.11. The summed E-state index contributed by atoms with van der Waals surface area (Å²) in [7, 11) is 4.49. The number of ether oxygens (including phenoxy) is 3. The van der Waals surface area contributed by atoms with Gasteiger partial charge >= 0.3 is 5.97 Å². The van der Waals surface area contributed by atoms with Crippen molar-refractivity contribution in [2.24, 2.45) is 0 Å². The van der Waals surface area contributed by atoms with E-state index in [0.29, 0.717) is 28.6 Å². The SMILES string of the molecule is COC(=O)c1ccnc(Nc2cc(OC)ccc2OC)c1. The molecule has 0 saturated carbocycles. The Hall–Kier alpha value is -2.76. The van der Waals surface area contributed by atoms with Gasteiger partial charge in [-0.05, 0) is 24.3 Å². The first-order valence-electron chi connectivity index (χ1n) is 6.21. The molecule has 1 heterocycles. The van der Waals surface area contributed by atoms with Crippen LogP contribution in [0.25, 0.3) is 0 Å². The summed E-state index contributed by atoms with van der Waals surface area (Å²) in [6, 6.07) is 8.55. The van der Waals surface area contributed by atoms with Crippen LogP contribution in [0.1, 0.15) is 10.4 Å². The first kappa shape index (κ1) is 14.6. The van der Waals surface area contributed by atoms with E-state index in [4.69, 9.17) is 9.47 Å². The van der Waals surface area contributed by atoms with E-state index in [1.807, 2.05) is 0 Å². The maximum absolute atomic E-state index is 11.5. The third-order valence-corrected chi connectivity index (χ3v) is 2.85. The summed E-state index contributed by atoms with van der Waals surface area (Å²) in [5, 5.41) is 3.09. The zero-order valence-electron chi connectivity index (χ0n) is 12.0. The molecular weight excluding hydrogens is 272 g/mol. The molecule has 2 rings (SSSR count). The molecule has 0 amide bonds. The van der Waals surface area contributed by atoms with Crippen LogP contribution < -0.4 is 14.8 Å². The highest BCUT2D eigenvalue weighted by atomic mass is 16.5. The Morgan fingerprint density at radius 2 is 1.90 bits per heavy atom. The number of esters is 1. The second-order valence-corrected chi connectivity index (χ2v) is 4.11. The summed E-state index contributed by atoms with van der Waals surface area (Å²) in [6.07, 6.45) is 1.53. The maximum atomic E-state index is 11.5. The van der Waals surface area contributed by atoms with Gasteiger partial charge in [0.1, 0.15) is 17.3 Å². The number of methoxy groups -OCH3 is 3. The predicted molar refractivity (Wildman–Crippen MR) is 78.4 cm³/mol. The molecule has 1 N–H and O–H groups in total. The summed E-state index contributed by atoms with van der Waals surface area (Å²) in [4.78, 5) is 15.7. The fraction of sp³-hybridized carbons (Fsp3) is 0.200. The number of nitrogens with zero attached hydrogens (tertiary/aromatic N) is 1. The Labute approximate surface area is 122 Å². The standard InChI is InChI=1S/C15H16N2O4/c1-19-11-4-5-13(20-2)12(9-11)17-14-8-10(6-7-16-14)15(18)21-3/h4-9H,1-3H3,(H,16,17). The molecule has 0 fully saturated rings. The lowest BCUT2D eigenvalue weighted by atomic mass is 10.2. The van der Waals surface area contributed by atoms with E-state index >= 15 is 0 Å². The zero-order valence-corrected chi connectivity index (χ0v) is 12.0. The van der Waals surface area contributed by atoms with E-state index in [2.05, 4.69) is 15.0 Å². The van der Waals surface area contributed by atoms with Gasteiger partial charge in [0.25, 0.3) is 0 Å². The van der Waals surface area contributed by atoms with Crippen molar-refractivity contribution in [3.05, 3.63) is 42.1 Å². The molecule has 6 nitrogen and oxygen atoms in total. The van der Waals surface area contributed by atoms with Crippen LogP contribution in [0.15, 0.2) is 36.5 Å². The first-order valence-corrected chi connectivity index (χ1v) is 6.21. The van der Waals surface area contributed by atoms with Gasteiger partial charge in [0, 0.05) is 12.3 Å².